The van der Waals surface area contributed by atoms with Gasteiger partial charge < -0.3 is 14.8 Å². The maximum Gasteiger partial charge on any atom is 0.337 e. The van der Waals surface area contributed by atoms with Gasteiger partial charge in [0.1, 0.15) is 11.3 Å². The third-order valence-corrected chi connectivity index (χ3v) is 6.83. The number of fused-ring (bicyclic) bond motifs is 2. The molecule has 0 aliphatic heterocycles. The summed E-state index contributed by atoms with van der Waals surface area (Å²) in [7, 11) is 1.87. The highest BCUT2D eigenvalue weighted by Crippen LogP contribution is 2.43. The molecule has 7 nitrogen and oxygen atoms in total. The Hall–Kier alpha value is -4.39. The lowest BCUT2D eigenvalue weighted by molar-refractivity contribution is 0.0698. The molecule has 6 rings (SSSR count). The summed E-state index contributed by atoms with van der Waals surface area (Å²) in [6.07, 6.45) is 4.13. The van der Waals surface area contributed by atoms with Crippen LogP contribution in [0.2, 0.25) is 0 Å². The van der Waals surface area contributed by atoms with E-state index in [0.717, 1.165) is 40.4 Å². The molecule has 1 aliphatic rings. The zero-order chi connectivity index (χ0) is 25.0. The fraction of sp³-hybridized carbons (Fsp3) is 0.207. The number of nitrogens with zero attached hydrogens (tertiary/aromatic N) is 2. The Balaban J connectivity index is 1.50. The zero-order valence-corrected chi connectivity index (χ0v) is 20.0. The van der Waals surface area contributed by atoms with Crippen molar-refractivity contribution >= 4 is 33.5 Å². The lowest BCUT2D eigenvalue weighted by atomic mass is 9.97. The fourth-order valence-electron chi connectivity index (χ4n) is 4.83. The number of nitrogens with one attached hydrogen (secondary N) is 1. The van der Waals surface area contributed by atoms with E-state index in [1.54, 1.807) is 35.0 Å². The molecule has 5 aromatic rings. The molecule has 0 radical (unpaired) electrons. The van der Waals surface area contributed by atoms with Gasteiger partial charge in [0.2, 0.25) is 0 Å². The van der Waals surface area contributed by atoms with Crippen molar-refractivity contribution in [2.24, 2.45) is 7.05 Å². The normalized spacial score (nSPS) is 14.3. The Labute approximate surface area is 207 Å². The molecule has 0 amide bonds. The molecule has 1 saturated carbocycles. The van der Waals surface area contributed by atoms with Gasteiger partial charge in [-0.1, -0.05) is 12.1 Å². The van der Waals surface area contributed by atoms with Crippen LogP contribution in [-0.2, 0) is 7.05 Å². The van der Waals surface area contributed by atoms with E-state index >= 15 is 0 Å². The van der Waals surface area contributed by atoms with Crippen LogP contribution in [-0.4, -0.2) is 20.9 Å². The third kappa shape index (κ3) is 3.92. The summed E-state index contributed by atoms with van der Waals surface area (Å²) >= 11 is 0. The van der Waals surface area contributed by atoms with Crippen molar-refractivity contribution < 1.29 is 14.3 Å². The standard InChI is InChI=1S/C29H25N3O4/c1-16(30-25-6-4-3-5-21(25)29(34)35)22-12-19(17-7-8-17)13-23-26(33)14-27(36-28(22)23)18-9-10-24-20(11-18)15-32(2)31-24/h3-6,9-17,30H,7-8H2,1-2H3,(H,34,35). The Kier molecular flexibility index (Phi) is 5.14. The minimum atomic E-state index is -0.999. The van der Waals surface area contributed by atoms with E-state index in [1.807, 2.05) is 44.4 Å². The Bertz CT molecular complexity index is 1710. The molecule has 36 heavy (non-hydrogen) atoms. The van der Waals surface area contributed by atoms with Gasteiger partial charge in [-0.3, -0.25) is 9.48 Å². The van der Waals surface area contributed by atoms with Crippen LogP contribution >= 0.6 is 0 Å². The first-order valence-electron chi connectivity index (χ1n) is 12.0. The van der Waals surface area contributed by atoms with Crippen molar-refractivity contribution in [2.75, 3.05) is 5.32 Å². The zero-order valence-electron chi connectivity index (χ0n) is 20.0. The fourth-order valence-corrected chi connectivity index (χ4v) is 4.83. The van der Waals surface area contributed by atoms with E-state index in [2.05, 4.69) is 16.5 Å². The van der Waals surface area contributed by atoms with E-state index in [4.69, 9.17) is 4.42 Å². The number of benzene rings is 3. The topological polar surface area (TPSA) is 97.4 Å². The largest absolute Gasteiger partial charge is 0.478 e. The van der Waals surface area contributed by atoms with Crippen LogP contribution in [0.4, 0.5) is 5.69 Å². The van der Waals surface area contributed by atoms with Gasteiger partial charge in [0, 0.05) is 41.5 Å². The second kappa shape index (κ2) is 8.37. The van der Waals surface area contributed by atoms with Gasteiger partial charge in [-0.15, -0.1) is 0 Å². The van der Waals surface area contributed by atoms with Crippen molar-refractivity contribution in [3.05, 3.63) is 93.8 Å². The van der Waals surface area contributed by atoms with Crippen LogP contribution < -0.4 is 10.7 Å². The number of aryl methyl sites for hydroxylation is 1. The first-order chi connectivity index (χ1) is 17.4. The van der Waals surface area contributed by atoms with Crippen molar-refractivity contribution in [3.63, 3.8) is 0 Å². The molecule has 1 unspecified atom stereocenters. The second-order valence-corrected chi connectivity index (χ2v) is 9.53. The molecule has 0 saturated heterocycles. The van der Waals surface area contributed by atoms with Gasteiger partial charge in [-0.25, -0.2) is 4.79 Å². The van der Waals surface area contributed by atoms with Crippen molar-refractivity contribution in [3.8, 4) is 11.3 Å². The smallest absolute Gasteiger partial charge is 0.337 e. The maximum absolute atomic E-state index is 13.3. The van der Waals surface area contributed by atoms with Crippen LogP contribution in [0.25, 0.3) is 33.2 Å². The molecule has 3 aromatic carbocycles. The molecule has 2 aromatic heterocycles. The molecule has 0 spiro atoms. The monoisotopic (exact) mass is 479 g/mol. The number of para-hydroxylation sites is 1. The Morgan fingerprint density at radius 2 is 1.94 bits per heavy atom. The van der Waals surface area contributed by atoms with E-state index in [-0.39, 0.29) is 17.0 Å². The average Bonchev–Trinajstić information content (AvgIpc) is 3.64. The van der Waals surface area contributed by atoms with E-state index in [0.29, 0.717) is 28.3 Å². The number of hydrogen-bond donors (Lipinski definition) is 2. The molecule has 2 N–H and O–H groups in total. The summed E-state index contributed by atoms with van der Waals surface area (Å²) < 4.78 is 8.18. The number of hydrogen-bond acceptors (Lipinski definition) is 5. The number of rotatable bonds is 6. The molecule has 2 heterocycles. The highest BCUT2D eigenvalue weighted by molar-refractivity contribution is 5.94. The number of carboxylic acid groups (broad SMARTS) is 1. The van der Waals surface area contributed by atoms with Gasteiger partial charge in [0.25, 0.3) is 0 Å². The van der Waals surface area contributed by atoms with Gasteiger partial charge >= 0.3 is 5.97 Å². The Morgan fingerprint density at radius 1 is 1.14 bits per heavy atom. The summed E-state index contributed by atoms with van der Waals surface area (Å²) in [5.41, 5.74) is 4.74. The predicted molar refractivity (Wildman–Crippen MR) is 140 cm³/mol. The molecular formula is C29H25N3O4. The minimum Gasteiger partial charge on any atom is -0.478 e. The van der Waals surface area contributed by atoms with Gasteiger partial charge in [0.05, 0.1) is 22.5 Å². The lowest BCUT2D eigenvalue weighted by Crippen LogP contribution is -2.13. The highest BCUT2D eigenvalue weighted by Gasteiger charge is 2.27. The van der Waals surface area contributed by atoms with E-state index in [9.17, 15) is 14.7 Å². The van der Waals surface area contributed by atoms with Crippen molar-refractivity contribution in [1.82, 2.24) is 9.78 Å². The number of anilines is 1. The number of aromatic carboxylic acids is 1. The lowest BCUT2D eigenvalue weighted by Gasteiger charge is -2.20. The molecule has 1 atom stereocenters. The average molecular weight is 480 g/mol. The van der Waals surface area contributed by atoms with Crippen LogP contribution in [0.3, 0.4) is 0 Å². The number of carboxylic acids is 1. The van der Waals surface area contributed by atoms with E-state index < -0.39 is 5.97 Å². The second-order valence-electron chi connectivity index (χ2n) is 9.53. The highest BCUT2D eigenvalue weighted by atomic mass is 16.4. The summed E-state index contributed by atoms with van der Waals surface area (Å²) in [4.78, 5) is 25.1. The third-order valence-electron chi connectivity index (χ3n) is 6.83. The first kappa shape index (κ1) is 22.1. The van der Waals surface area contributed by atoms with Crippen LogP contribution in [0.5, 0.6) is 0 Å². The minimum absolute atomic E-state index is 0.0978. The SMILES string of the molecule is CC(Nc1ccccc1C(=O)O)c1cc(C2CC2)cc2c(=O)cc(-c3ccc4nn(C)cc4c3)oc12. The molecule has 180 valence electrons. The van der Waals surface area contributed by atoms with Crippen molar-refractivity contribution in [1.29, 1.82) is 0 Å². The number of aromatic nitrogens is 2. The molecule has 7 heteroatoms. The first-order valence-corrected chi connectivity index (χ1v) is 12.0. The van der Waals surface area contributed by atoms with Crippen LogP contribution in [0.1, 0.15) is 53.2 Å². The van der Waals surface area contributed by atoms with Gasteiger partial charge in [-0.2, -0.15) is 5.10 Å². The summed E-state index contributed by atoms with van der Waals surface area (Å²) in [5, 5.41) is 18.9. The van der Waals surface area contributed by atoms with Gasteiger partial charge in [-0.05, 0) is 73.7 Å². The summed E-state index contributed by atoms with van der Waals surface area (Å²) in [6.45, 7) is 1.96. The molecular weight excluding hydrogens is 454 g/mol. The molecule has 1 fully saturated rings. The van der Waals surface area contributed by atoms with Gasteiger partial charge in [0.15, 0.2) is 5.43 Å². The summed E-state index contributed by atoms with van der Waals surface area (Å²) in [5.74, 6) is -0.0722. The summed E-state index contributed by atoms with van der Waals surface area (Å²) in [6, 6.07) is 17.9. The molecule has 0 bridgehead atoms. The quantitative estimate of drug-likeness (QED) is 0.306. The molecule has 1 aliphatic carbocycles. The van der Waals surface area contributed by atoms with Crippen LogP contribution in [0.15, 0.2) is 76.1 Å². The predicted octanol–water partition coefficient (Wildman–Crippen LogP) is 6.10. The van der Waals surface area contributed by atoms with Crippen LogP contribution in [0, 0.1) is 0 Å². The van der Waals surface area contributed by atoms with Crippen molar-refractivity contribution in [2.45, 2.75) is 31.7 Å². The van der Waals surface area contributed by atoms with E-state index in [1.165, 1.54) is 0 Å². The number of carbonyl (C=O) groups is 1. The Morgan fingerprint density at radius 3 is 2.72 bits per heavy atom. The maximum atomic E-state index is 13.3.